The molecule has 0 radical (unpaired) electrons. The largest absolute Gasteiger partial charge is 0.496 e. The summed E-state index contributed by atoms with van der Waals surface area (Å²) >= 11 is 2.71. The molecule has 19 heavy (non-hydrogen) atoms. The van der Waals surface area contributed by atoms with Crippen LogP contribution in [0, 0.1) is 0 Å². The molecule has 1 heterocycles. The standard InChI is InChI=1S/C12H13N3O2S2/c1-3-18-12-14-11(19-15-12)13-10(16)8-6-4-5-7-9(8)17-2/h4-7H,3H2,1-2H3,(H,13,14,15,16). The smallest absolute Gasteiger partial charge is 0.261 e. The van der Waals surface area contributed by atoms with Gasteiger partial charge in [-0.15, -0.1) is 0 Å². The lowest BCUT2D eigenvalue weighted by molar-refractivity contribution is 0.102. The van der Waals surface area contributed by atoms with Crippen LogP contribution >= 0.6 is 23.3 Å². The Bertz CT molecular complexity index is 572. The third kappa shape index (κ3) is 3.45. The van der Waals surface area contributed by atoms with Gasteiger partial charge in [0.05, 0.1) is 12.7 Å². The number of carbonyl (C=O) groups excluding carboxylic acids is 1. The van der Waals surface area contributed by atoms with Gasteiger partial charge in [0.2, 0.25) is 10.3 Å². The van der Waals surface area contributed by atoms with E-state index in [2.05, 4.69) is 14.7 Å². The minimum absolute atomic E-state index is 0.248. The van der Waals surface area contributed by atoms with E-state index >= 15 is 0 Å². The van der Waals surface area contributed by atoms with Crippen molar-refractivity contribution in [3.8, 4) is 5.75 Å². The summed E-state index contributed by atoms with van der Waals surface area (Å²) in [5.41, 5.74) is 0.477. The van der Waals surface area contributed by atoms with Crippen molar-refractivity contribution in [1.82, 2.24) is 9.36 Å². The molecule has 0 unspecified atom stereocenters. The van der Waals surface area contributed by atoms with Gasteiger partial charge in [-0.25, -0.2) is 0 Å². The fraction of sp³-hybridized carbons (Fsp3) is 0.250. The SMILES string of the molecule is CCSc1nsc(NC(=O)c2ccccc2OC)n1. The maximum absolute atomic E-state index is 12.1. The van der Waals surface area contributed by atoms with Gasteiger partial charge in [-0.3, -0.25) is 10.1 Å². The Kier molecular flexibility index (Phi) is 4.75. The lowest BCUT2D eigenvalue weighted by atomic mass is 10.2. The Morgan fingerprint density at radius 2 is 2.26 bits per heavy atom. The number of rotatable bonds is 5. The topological polar surface area (TPSA) is 64.1 Å². The Morgan fingerprint density at radius 1 is 1.47 bits per heavy atom. The van der Waals surface area contributed by atoms with E-state index in [0.717, 1.165) is 5.75 Å². The Balaban J connectivity index is 2.11. The average molecular weight is 295 g/mol. The van der Waals surface area contributed by atoms with Crippen molar-refractivity contribution < 1.29 is 9.53 Å². The zero-order chi connectivity index (χ0) is 13.7. The highest BCUT2D eigenvalue weighted by molar-refractivity contribution is 7.99. The van der Waals surface area contributed by atoms with Crippen molar-refractivity contribution in [3.05, 3.63) is 29.8 Å². The normalized spacial score (nSPS) is 10.2. The summed E-state index contributed by atoms with van der Waals surface area (Å²) in [4.78, 5) is 16.3. The molecule has 1 amide bonds. The summed E-state index contributed by atoms with van der Waals surface area (Å²) in [6.45, 7) is 2.03. The molecule has 1 N–H and O–H groups in total. The Hall–Kier alpha value is -1.60. The number of methoxy groups -OCH3 is 1. The zero-order valence-corrected chi connectivity index (χ0v) is 12.2. The molecule has 0 fully saturated rings. The monoisotopic (exact) mass is 295 g/mol. The van der Waals surface area contributed by atoms with Gasteiger partial charge in [-0.05, 0) is 17.9 Å². The summed E-state index contributed by atoms with van der Waals surface area (Å²) in [5.74, 6) is 1.19. The highest BCUT2D eigenvalue weighted by Crippen LogP contribution is 2.22. The molecule has 0 spiro atoms. The third-order valence-electron chi connectivity index (χ3n) is 2.25. The fourth-order valence-electron chi connectivity index (χ4n) is 1.45. The predicted octanol–water partition coefficient (Wildman–Crippen LogP) is 2.91. The molecule has 100 valence electrons. The average Bonchev–Trinajstić information content (AvgIpc) is 2.86. The first-order valence-electron chi connectivity index (χ1n) is 5.65. The number of anilines is 1. The molecular weight excluding hydrogens is 282 g/mol. The third-order valence-corrected chi connectivity index (χ3v) is 3.73. The van der Waals surface area contributed by atoms with Crippen LogP contribution in [-0.4, -0.2) is 28.1 Å². The number of carbonyl (C=O) groups is 1. The molecule has 1 aromatic heterocycles. The molecule has 0 saturated heterocycles. The maximum Gasteiger partial charge on any atom is 0.261 e. The molecule has 0 saturated carbocycles. The minimum Gasteiger partial charge on any atom is -0.496 e. The van der Waals surface area contributed by atoms with E-state index in [1.54, 1.807) is 18.2 Å². The second kappa shape index (κ2) is 6.53. The van der Waals surface area contributed by atoms with Crippen LogP contribution in [0.1, 0.15) is 17.3 Å². The molecule has 0 aliphatic rings. The van der Waals surface area contributed by atoms with E-state index in [4.69, 9.17) is 4.74 Å². The number of nitrogens with one attached hydrogen (secondary N) is 1. The summed E-state index contributed by atoms with van der Waals surface area (Å²) < 4.78 is 9.29. The van der Waals surface area contributed by atoms with Crippen LogP contribution in [-0.2, 0) is 0 Å². The van der Waals surface area contributed by atoms with Crippen molar-refractivity contribution in [3.63, 3.8) is 0 Å². The highest BCUT2D eigenvalue weighted by Gasteiger charge is 2.13. The molecular formula is C12H13N3O2S2. The minimum atomic E-state index is -0.248. The van der Waals surface area contributed by atoms with E-state index in [1.807, 2.05) is 13.0 Å². The number of benzene rings is 1. The van der Waals surface area contributed by atoms with E-state index in [-0.39, 0.29) is 5.91 Å². The molecule has 0 aliphatic carbocycles. The van der Waals surface area contributed by atoms with Gasteiger partial charge in [-0.2, -0.15) is 9.36 Å². The summed E-state index contributed by atoms with van der Waals surface area (Å²) in [5, 5.41) is 3.90. The van der Waals surface area contributed by atoms with E-state index < -0.39 is 0 Å². The van der Waals surface area contributed by atoms with E-state index in [9.17, 15) is 4.79 Å². The fourth-order valence-corrected chi connectivity index (χ4v) is 2.71. The molecule has 0 bridgehead atoms. The summed E-state index contributed by atoms with van der Waals surface area (Å²) in [7, 11) is 1.53. The molecule has 0 aliphatic heterocycles. The number of amides is 1. The van der Waals surface area contributed by atoms with Gasteiger partial charge >= 0.3 is 0 Å². The molecule has 1 aromatic carbocycles. The first-order valence-corrected chi connectivity index (χ1v) is 7.41. The van der Waals surface area contributed by atoms with Crippen LogP contribution in [0.3, 0.4) is 0 Å². The first-order chi connectivity index (χ1) is 9.24. The van der Waals surface area contributed by atoms with Gasteiger partial charge in [0.25, 0.3) is 5.91 Å². The Morgan fingerprint density at radius 3 is 3.00 bits per heavy atom. The van der Waals surface area contributed by atoms with Gasteiger partial charge in [0.15, 0.2) is 0 Å². The van der Waals surface area contributed by atoms with Crippen LogP contribution in [0.15, 0.2) is 29.4 Å². The molecule has 0 atom stereocenters. The number of para-hydroxylation sites is 1. The van der Waals surface area contributed by atoms with Gasteiger partial charge in [0, 0.05) is 11.5 Å². The van der Waals surface area contributed by atoms with Crippen LogP contribution in [0.4, 0.5) is 5.13 Å². The number of hydrogen-bond acceptors (Lipinski definition) is 6. The predicted molar refractivity (Wildman–Crippen MR) is 77.3 cm³/mol. The van der Waals surface area contributed by atoms with Gasteiger partial charge in [0.1, 0.15) is 5.75 Å². The van der Waals surface area contributed by atoms with Crippen LogP contribution in [0.25, 0.3) is 0 Å². The van der Waals surface area contributed by atoms with Crippen molar-refractivity contribution in [1.29, 1.82) is 0 Å². The second-order valence-corrected chi connectivity index (χ2v) is 5.45. The second-order valence-electron chi connectivity index (χ2n) is 3.47. The maximum atomic E-state index is 12.1. The number of nitrogens with zero attached hydrogens (tertiary/aromatic N) is 2. The molecule has 7 heteroatoms. The number of hydrogen-bond donors (Lipinski definition) is 1. The van der Waals surface area contributed by atoms with Gasteiger partial charge in [-0.1, -0.05) is 30.8 Å². The number of thioether (sulfide) groups is 1. The lowest BCUT2D eigenvalue weighted by Gasteiger charge is -2.06. The molecule has 5 nitrogen and oxygen atoms in total. The van der Waals surface area contributed by atoms with E-state index in [1.165, 1.54) is 30.4 Å². The molecule has 2 aromatic rings. The first kappa shape index (κ1) is 13.8. The van der Waals surface area contributed by atoms with Crippen LogP contribution in [0.5, 0.6) is 5.75 Å². The van der Waals surface area contributed by atoms with Crippen LogP contribution in [0.2, 0.25) is 0 Å². The number of aromatic nitrogens is 2. The highest BCUT2D eigenvalue weighted by atomic mass is 32.2. The zero-order valence-electron chi connectivity index (χ0n) is 10.5. The number of ether oxygens (including phenoxy) is 1. The van der Waals surface area contributed by atoms with E-state index in [0.29, 0.717) is 21.6 Å². The van der Waals surface area contributed by atoms with Crippen molar-refractivity contribution >= 4 is 34.3 Å². The van der Waals surface area contributed by atoms with Crippen molar-refractivity contribution in [2.24, 2.45) is 0 Å². The summed E-state index contributed by atoms with van der Waals surface area (Å²) in [6.07, 6.45) is 0. The van der Waals surface area contributed by atoms with Crippen LogP contribution < -0.4 is 10.1 Å². The molecule has 2 rings (SSSR count). The quantitative estimate of drug-likeness (QED) is 0.859. The van der Waals surface area contributed by atoms with Crippen molar-refractivity contribution in [2.45, 2.75) is 12.1 Å². The van der Waals surface area contributed by atoms with Crippen molar-refractivity contribution in [2.75, 3.05) is 18.2 Å². The summed E-state index contributed by atoms with van der Waals surface area (Å²) in [6, 6.07) is 7.05. The Labute approximate surface area is 119 Å². The van der Waals surface area contributed by atoms with Gasteiger partial charge < -0.3 is 4.74 Å². The lowest BCUT2D eigenvalue weighted by Crippen LogP contribution is -2.12.